The zero-order valence-corrected chi connectivity index (χ0v) is 22.4. The number of anilines is 2. The van der Waals surface area contributed by atoms with Crippen LogP contribution in [0.2, 0.25) is 5.02 Å². The van der Waals surface area contributed by atoms with Crippen LogP contribution in [-0.2, 0) is 16.0 Å². The van der Waals surface area contributed by atoms with E-state index in [0.717, 1.165) is 22.4 Å². The van der Waals surface area contributed by atoms with Crippen LogP contribution in [0.3, 0.4) is 0 Å². The first-order valence-corrected chi connectivity index (χ1v) is 12.8. The number of urea groups is 1. The molecule has 0 saturated carbocycles. The summed E-state index contributed by atoms with van der Waals surface area (Å²) >= 11 is 6.23. The van der Waals surface area contributed by atoms with E-state index in [1.54, 1.807) is 63.0 Å². The fraction of sp³-hybridized carbons (Fsp3) is 0.321. The summed E-state index contributed by atoms with van der Waals surface area (Å²) in [4.78, 5) is 53.1. The largest absolute Gasteiger partial charge is 0.384 e. The van der Waals surface area contributed by atoms with Gasteiger partial charge in [0.1, 0.15) is 11.9 Å². The van der Waals surface area contributed by atoms with Crippen molar-refractivity contribution in [2.24, 2.45) is 5.92 Å². The van der Waals surface area contributed by atoms with Crippen molar-refractivity contribution in [2.75, 3.05) is 24.7 Å². The van der Waals surface area contributed by atoms with Gasteiger partial charge in [-0.25, -0.2) is 9.78 Å². The molecule has 1 aliphatic rings. The van der Waals surface area contributed by atoms with Gasteiger partial charge in [-0.3, -0.25) is 19.5 Å². The van der Waals surface area contributed by atoms with E-state index in [4.69, 9.17) is 17.3 Å². The van der Waals surface area contributed by atoms with Crippen molar-refractivity contribution in [3.63, 3.8) is 0 Å². The van der Waals surface area contributed by atoms with Crippen LogP contribution in [0.25, 0.3) is 0 Å². The number of amides is 4. The summed E-state index contributed by atoms with van der Waals surface area (Å²) in [6.07, 6.45) is 6.46. The Morgan fingerprint density at radius 3 is 2.50 bits per heavy atom. The summed E-state index contributed by atoms with van der Waals surface area (Å²) in [7, 11) is 3.28. The van der Waals surface area contributed by atoms with Gasteiger partial charge in [0, 0.05) is 43.4 Å². The zero-order chi connectivity index (χ0) is 27.4. The van der Waals surface area contributed by atoms with Gasteiger partial charge < -0.3 is 15.5 Å². The monoisotopic (exact) mass is 534 g/mol. The standard InChI is InChI=1S/C28H31ClN6O3/c1-4-6-23(19-7-5-8-20(29)17-19)34(3)28(38)35-25(27(37)33(2)21-10-12-31-13-11-21)22(26(35)36)15-18-9-14-32-24(30)16-18/h5,7-14,16-17,22-23,25H,4,6,15H2,1-3H3,(H2,30,32)/t22-,23-,25+/m1/s1. The van der Waals surface area contributed by atoms with Crippen LogP contribution in [0.1, 0.15) is 36.9 Å². The van der Waals surface area contributed by atoms with Crippen LogP contribution in [0.15, 0.2) is 67.1 Å². The molecule has 198 valence electrons. The molecule has 1 fully saturated rings. The maximum Gasteiger partial charge on any atom is 0.327 e. The molecular weight excluding hydrogens is 504 g/mol. The number of rotatable bonds is 8. The number of nitrogens with zero attached hydrogens (tertiary/aromatic N) is 5. The molecule has 4 rings (SSSR count). The summed E-state index contributed by atoms with van der Waals surface area (Å²) in [6, 6.07) is 12.3. The molecule has 3 heterocycles. The molecule has 2 N–H and O–H groups in total. The number of nitrogens with two attached hydrogens (primary N) is 1. The maximum absolute atomic E-state index is 13.8. The van der Waals surface area contributed by atoms with E-state index in [0.29, 0.717) is 22.9 Å². The van der Waals surface area contributed by atoms with E-state index >= 15 is 0 Å². The Hall–Kier alpha value is -3.98. The average molecular weight is 535 g/mol. The number of benzene rings is 1. The van der Waals surface area contributed by atoms with Gasteiger partial charge in [0.05, 0.1) is 12.0 Å². The summed E-state index contributed by atoms with van der Waals surface area (Å²) < 4.78 is 0. The highest BCUT2D eigenvalue weighted by atomic mass is 35.5. The molecular formula is C28H31ClN6O3. The number of pyridine rings is 2. The Kier molecular flexibility index (Phi) is 8.26. The third kappa shape index (κ3) is 5.47. The molecule has 0 spiro atoms. The number of carbonyl (C=O) groups excluding carboxylic acids is 3. The van der Waals surface area contributed by atoms with E-state index in [2.05, 4.69) is 9.97 Å². The molecule has 0 unspecified atom stereocenters. The third-order valence-electron chi connectivity index (χ3n) is 6.92. The predicted molar refractivity (Wildman–Crippen MR) is 146 cm³/mol. The van der Waals surface area contributed by atoms with Crippen molar-refractivity contribution >= 4 is 41.0 Å². The highest BCUT2D eigenvalue weighted by Gasteiger charge is 2.56. The van der Waals surface area contributed by atoms with Gasteiger partial charge in [-0.15, -0.1) is 0 Å². The minimum atomic E-state index is -0.980. The number of imide groups is 1. The fourth-order valence-corrected chi connectivity index (χ4v) is 5.09. The molecule has 0 radical (unpaired) electrons. The lowest BCUT2D eigenvalue weighted by atomic mass is 9.81. The molecule has 9 nitrogen and oxygen atoms in total. The molecule has 1 aliphatic heterocycles. The average Bonchev–Trinajstić information content (AvgIpc) is 2.92. The molecule has 0 aliphatic carbocycles. The van der Waals surface area contributed by atoms with Gasteiger partial charge in [0.15, 0.2) is 0 Å². The van der Waals surface area contributed by atoms with E-state index in [9.17, 15) is 14.4 Å². The van der Waals surface area contributed by atoms with Crippen LogP contribution in [0.5, 0.6) is 0 Å². The van der Waals surface area contributed by atoms with Crippen molar-refractivity contribution < 1.29 is 14.4 Å². The highest BCUT2D eigenvalue weighted by Crippen LogP contribution is 2.36. The Labute approximate surface area is 227 Å². The molecule has 1 aromatic carbocycles. The van der Waals surface area contributed by atoms with Gasteiger partial charge in [0.25, 0.3) is 5.91 Å². The van der Waals surface area contributed by atoms with E-state index in [-0.39, 0.29) is 18.4 Å². The SMILES string of the molecule is CCC[C@H](c1cccc(Cl)c1)N(C)C(=O)N1C(=O)[C@H](Cc2ccnc(N)c2)[C@H]1C(=O)N(C)c1ccncc1. The number of halogens is 1. The second-order valence-electron chi connectivity index (χ2n) is 9.41. The number of likely N-dealkylation sites (tertiary alicyclic amines) is 1. The first kappa shape index (κ1) is 27.1. The topological polar surface area (TPSA) is 113 Å². The number of carbonyl (C=O) groups is 3. The van der Waals surface area contributed by atoms with Gasteiger partial charge in [-0.1, -0.05) is 37.1 Å². The number of aromatic nitrogens is 2. The van der Waals surface area contributed by atoms with Crippen molar-refractivity contribution in [1.29, 1.82) is 0 Å². The first-order chi connectivity index (χ1) is 18.2. The van der Waals surface area contributed by atoms with Crippen molar-refractivity contribution in [3.05, 3.63) is 83.3 Å². The lowest BCUT2D eigenvalue weighted by Gasteiger charge is -2.47. The predicted octanol–water partition coefficient (Wildman–Crippen LogP) is 4.34. The van der Waals surface area contributed by atoms with Crippen LogP contribution in [-0.4, -0.2) is 57.8 Å². The quantitative estimate of drug-likeness (QED) is 0.430. The van der Waals surface area contributed by atoms with Crippen LogP contribution in [0.4, 0.5) is 16.3 Å². The summed E-state index contributed by atoms with van der Waals surface area (Å²) in [5.74, 6) is -1.16. The van der Waals surface area contributed by atoms with Crippen molar-refractivity contribution in [3.8, 4) is 0 Å². The number of hydrogen-bond donors (Lipinski definition) is 1. The van der Waals surface area contributed by atoms with E-state index in [1.807, 2.05) is 25.1 Å². The summed E-state index contributed by atoms with van der Waals surface area (Å²) in [5.41, 5.74) is 8.07. The summed E-state index contributed by atoms with van der Waals surface area (Å²) in [5, 5.41) is 0.563. The van der Waals surface area contributed by atoms with E-state index in [1.165, 1.54) is 9.80 Å². The first-order valence-electron chi connectivity index (χ1n) is 12.5. The minimum absolute atomic E-state index is 0.256. The van der Waals surface area contributed by atoms with Crippen molar-refractivity contribution in [2.45, 2.75) is 38.3 Å². The molecule has 3 aromatic rings. The molecule has 38 heavy (non-hydrogen) atoms. The van der Waals surface area contributed by atoms with Crippen LogP contribution >= 0.6 is 11.6 Å². The summed E-state index contributed by atoms with van der Waals surface area (Å²) in [6.45, 7) is 2.02. The van der Waals surface area contributed by atoms with Gasteiger partial charge in [-0.2, -0.15) is 0 Å². The second-order valence-corrected chi connectivity index (χ2v) is 9.84. The lowest BCUT2D eigenvalue weighted by molar-refractivity contribution is -0.157. The van der Waals surface area contributed by atoms with Crippen molar-refractivity contribution in [1.82, 2.24) is 19.8 Å². The second kappa shape index (κ2) is 11.6. The Bertz CT molecular complexity index is 1320. The lowest BCUT2D eigenvalue weighted by Crippen LogP contribution is -2.70. The Morgan fingerprint density at radius 2 is 1.84 bits per heavy atom. The van der Waals surface area contributed by atoms with Gasteiger partial charge in [0.2, 0.25) is 5.91 Å². The fourth-order valence-electron chi connectivity index (χ4n) is 4.89. The molecule has 3 atom stereocenters. The minimum Gasteiger partial charge on any atom is -0.384 e. The zero-order valence-electron chi connectivity index (χ0n) is 21.6. The van der Waals surface area contributed by atoms with E-state index < -0.39 is 23.9 Å². The Morgan fingerprint density at radius 1 is 1.11 bits per heavy atom. The van der Waals surface area contributed by atoms with Gasteiger partial charge in [-0.05, 0) is 60.4 Å². The molecule has 4 amide bonds. The number of hydrogen-bond acceptors (Lipinski definition) is 6. The highest BCUT2D eigenvalue weighted by molar-refractivity contribution is 6.30. The third-order valence-corrected chi connectivity index (χ3v) is 7.15. The molecule has 2 aromatic heterocycles. The molecule has 10 heteroatoms. The number of likely N-dealkylation sites (N-methyl/N-ethyl adjacent to an activating group) is 1. The Balaban J connectivity index is 1.65. The number of nitrogen functional groups attached to an aromatic ring is 1. The molecule has 1 saturated heterocycles. The number of β-lactam (4-membered cyclic amide) rings is 1. The van der Waals surface area contributed by atoms with Crippen LogP contribution < -0.4 is 10.6 Å². The van der Waals surface area contributed by atoms with Crippen LogP contribution in [0, 0.1) is 5.92 Å². The maximum atomic E-state index is 13.8. The van der Waals surface area contributed by atoms with Gasteiger partial charge >= 0.3 is 6.03 Å². The normalized spacial score (nSPS) is 17.5. The molecule has 0 bridgehead atoms. The smallest absolute Gasteiger partial charge is 0.327 e.